The summed E-state index contributed by atoms with van der Waals surface area (Å²) < 4.78 is 13.2. The number of halogens is 1. The first-order valence-electron chi connectivity index (χ1n) is 8.74. The molecule has 1 atom stereocenters. The van der Waals surface area contributed by atoms with Crippen LogP contribution in [0, 0.1) is 5.82 Å². The second-order valence-electron chi connectivity index (χ2n) is 6.51. The first-order valence-corrected chi connectivity index (χ1v) is 8.74. The van der Waals surface area contributed by atoms with Crippen molar-refractivity contribution in [3.63, 3.8) is 0 Å². The predicted octanol–water partition coefficient (Wildman–Crippen LogP) is 2.62. The molecule has 0 bridgehead atoms. The highest BCUT2D eigenvalue weighted by Crippen LogP contribution is 2.13. The Labute approximate surface area is 148 Å². The lowest BCUT2D eigenvalue weighted by atomic mass is 10.2. The van der Waals surface area contributed by atoms with Crippen LogP contribution in [0.5, 0.6) is 0 Å². The minimum Gasteiger partial charge on any atom is -0.342 e. The smallest absolute Gasteiger partial charge is 0.317 e. The van der Waals surface area contributed by atoms with Gasteiger partial charge in [0.25, 0.3) is 0 Å². The molecule has 0 radical (unpaired) electrons. The number of carbonyl (C=O) groups excluding carboxylic acids is 1. The van der Waals surface area contributed by atoms with Gasteiger partial charge >= 0.3 is 6.03 Å². The third kappa shape index (κ3) is 5.42. The molecule has 2 N–H and O–H groups in total. The largest absolute Gasteiger partial charge is 0.342 e. The number of nitrogens with one attached hydrogen (secondary N) is 2. The zero-order valence-electron chi connectivity index (χ0n) is 15.5. The van der Waals surface area contributed by atoms with E-state index in [-0.39, 0.29) is 11.8 Å². The van der Waals surface area contributed by atoms with Gasteiger partial charge in [0.05, 0.1) is 11.0 Å². The Hall–Kier alpha value is -2.15. The molecule has 1 aromatic heterocycles. The van der Waals surface area contributed by atoms with Crippen molar-refractivity contribution in [3.8, 4) is 0 Å². The molecule has 7 heteroatoms. The molecule has 25 heavy (non-hydrogen) atoms. The van der Waals surface area contributed by atoms with E-state index < -0.39 is 0 Å². The van der Waals surface area contributed by atoms with E-state index in [1.165, 1.54) is 12.1 Å². The topological polar surface area (TPSA) is 64.3 Å². The molecule has 0 spiro atoms. The maximum Gasteiger partial charge on any atom is 0.317 e. The minimum absolute atomic E-state index is 0.0596. The van der Waals surface area contributed by atoms with E-state index in [2.05, 4.69) is 27.1 Å². The van der Waals surface area contributed by atoms with E-state index in [0.29, 0.717) is 37.6 Å². The summed E-state index contributed by atoms with van der Waals surface area (Å²) in [4.78, 5) is 23.7. The van der Waals surface area contributed by atoms with Gasteiger partial charge in [0, 0.05) is 32.1 Å². The fourth-order valence-corrected chi connectivity index (χ4v) is 2.56. The van der Waals surface area contributed by atoms with Crippen molar-refractivity contribution in [2.24, 2.45) is 0 Å². The fraction of sp³-hybridized carbons (Fsp3) is 0.556. The average molecular weight is 349 g/mol. The van der Waals surface area contributed by atoms with E-state index in [1.807, 2.05) is 21.0 Å². The summed E-state index contributed by atoms with van der Waals surface area (Å²) >= 11 is 0. The Morgan fingerprint density at radius 3 is 2.84 bits per heavy atom. The minimum atomic E-state index is -0.288. The number of hydrogen-bond acceptors (Lipinski definition) is 3. The Balaban J connectivity index is 1.84. The van der Waals surface area contributed by atoms with Crippen LogP contribution in [0.15, 0.2) is 18.2 Å². The number of benzene rings is 1. The number of H-pyrrole nitrogens is 1. The third-order valence-electron chi connectivity index (χ3n) is 4.50. The van der Waals surface area contributed by atoms with Crippen LogP contribution in [0.2, 0.25) is 0 Å². The molecule has 2 amide bonds. The number of aromatic nitrogens is 2. The Morgan fingerprint density at radius 2 is 2.16 bits per heavy atom. The zero-order chi connectivity index (χ0) is 18.4. The quantitative estimate of drug-likeness (QED) is 0.770. The number of likely N-dealkylation sites (N-methyl/N-ethyl adjacent to an activating group) is 1. The number of nitrogens with zero attached hydrogens (tertiary/aromatic N) is 3. The van der Waals surface area contributed by atoms with Crippen LogP contribution in [0.1, 0.15) is 26.1 Å². The molecule has 6 nitrogen and oxygen atoms in total. The lowest BCUT2D eigenvalue weighted by Crippen LogP contribution is -2.42. The Kier molecular flexibility index (Phi) is 6.75. The second kappa shape index (κ2) is 8.80. The fourth-order valence-electron chi connectivity index (χ4n) is 2.56. The molecular formula is C18H28FN5O. The monoisotopic (exact) mass is 349 g/mol. The van der Waals surface area contributed by atoms with Crippen LogP contribution in [0.25, 0.3) is 11.0 Å². The maximum atomic E-state index is 13.2. The van der Waals surface area contributed by atoms with Gasteiger partial charge in [0.2, 0.25) is 0 Å². The highest BCUT2D eigenvalue weighted by Gasteiger charge is 2.13. The summed E-state index contributed by atoms with van der Waals surface area (Å²) in [5, 5.41) is 2.97. The lowest BCUT2D eigenvalue weighted by Gasteiger charge is -2.23. The molecule has 0 unspecified atom stereocenters. The lowest BCUT2D eigenvalue weighted by molar-refractivity contribution is 0.199. The second-order valence-corrected chi connectivity index (χ2v) is 6.51. The molecular weight excluding hydrogens is 321 g/mol. The van der Waals surface area contributed by atoms with Crippen LogP contribution >= 0.6 is 0 Å². The molecule has 2 rings (SSSR count). The van der Waals surface area contributed by atoms with Gasteiger partial charge in [-0.25, -0.2) is 14.2 Å². The van der Waals surface area contributed by atoms with Crippen LogP contribution in [-0.4, -0.2) is 65.6 Å². The summed E-state index contributed by atoms with van der Waals surface area (Å²) in [7, 11) is 4.06. The van der Waals surface area contributed by atoms with Crippen LogP contribution in [0.3, 0.4) is 0 Å². The SMILES string of the molecule is CCN(CCc1nc2ccc(F)cc2[nH]1)C(=O)NCC[C@H](C)N(C)C. The van der Waals surface area contributed by atoms with E-state index in [1.54, 1.807) is 11.0 Å². The van der Waals surface area contributed by atoms with E-state index in [0.717, 1.165) is 17.8 Å². The summed E-state index contributed by atoms with van der Waals surface area (Å²) in [5.41, 5.74) is 1.42. The highest BCUT2D eigenvalue weighted by atomic mass is 19.1. The molecule has 1 aromatic carbocycles. The Morgan fingerprint density at radius 1 is 1.40 bits per heavy atom. The average Bonchev–Trinajstić information content (AvgIpc) is 2.97. The summed E-state index contributed by atoms with van der Waals surface area (Å²) in [5.74, 6) is 0.470. The van der Waals surface area contributed by atoms with Crippen molar-refractivity contribution in [2.75, 3.05) is 33.7 Å². The van der Waals surface area contributed by atoms with Crippen molar-refractivity contribution in [1.82, 2.24) is 25.1 Å². The number of urea groups is 1. The van der Waals surface area contributed by atoms with Crippen molar-refractivity contribution < 1.29 is 9.18 Å². The summed E-state index contributed by atoms with van der Waals surface area (Å²) in [6, 6.07) is 4.85. The molecule has 0 saturated carbocycles. The molecule has 0 fully saturated rings. The van der Waals surface area contributed by atoms with E-state index >= 15 is 0 Å². The molecule has 1 heterocycles. The molecule has 0 aliphatic heterocycles. The number of amides is 2. The van der Waals surface area contributed by atoms with E-state index in [9.17, 15) is 9.18 Å². The van der Waals surface area contributed by atoms with Gasteiger partial charge < -0.3 is 20.1 Å². The third-order valence-corrected chi connectivity index (χ3v) is 4.50. The van der Waals surface area contributed by atoms with E-state index in [4.69, 9.17) is 0 Å². The highest BCUT2D eigenvalue weighted by molar-refractivity contribution is 5.75. The number of aromatic amines is 1. The van der Waals surface area contributed by atoms with Gasteiger partial charge in [-0.15, -0.1) is 0 Å². The molecule has 0 saturated heterocycles. The standard InChI is InChI=1S/C18H28FN5O/c1-5-24(18(25)20-10-8-13(2)23(3)4)11-9-17-21-15-7-6-14(19)12-16(15)22-17/h6-7,12-13H,5,8-11H2,1-4H3,(H,20,25)(H,21,22)/t13-/m0/s1. The van der Waals surface area contributed by atoms with Gasteiger partial charge in [-0.1, -0.05) is 0 Å². The van der Waals surface area contributed by atoms with Crippen LogP contribution < -0.4 is 5.32 Å². The molecule has 2 aromatic rings. The summed E-state index contributed by atoms with van der Waals surface area (Å²) in [6.07, 6.45) is 1.51. The van der Waals surface area contributed by atoms with Gasteiger partial charge in [-0.2, -0.15) is 0 Å². The first kappa shape index (κ1) is 19.2. The molecule has 0 aliphatic carbocycles. The Bertz CT molecular complexity index is 700. The summed E-state index contributed by atoms with van der Waals surface area (Å²) in [6.45, 7) is 5.93. The first-order chi connectivity index (χ1) is 11.9. The normalized spacial score (nSPS) is 12.6. The maximum absolute atomic E-state index is 13.2. The molecule has 0 aliphatic rings. The van der Waals surface area contributed by atoms with Crippen molar-refractivity contribution in [2.45, 2.75) is 32.7 Å². The van der Waals surface area contributed by atoms with Crippen molar-refractivity contribution >= 4 is 17.1 Å². The number of imidazole rings is 1. The molecule has 138 valence electrons. The van der Waals surface area contributed by atoms with Crippen molar-refractivity contribution in [1.29, 1.82) is 0 Å². The predicted molar refractivity (Wildman–Crippen MR) is 98.2 cm³/mol. The number of rotatable bonds is 8. The zero-order valence-corrected chi connectivity index (χ0v) is 15.5. The van der Waals surface area contributed by atoms with Gasteiger partial charge in [-0.3, -0.25) is 0 Å². The van der Waals surface area contributed by atoms with Gasteiger partial charge in [-0.05, 0) is 52.6 Å². The van der Waals surface area contributed by atoms with Crippen LogP contribution in [0.4, 0.5) is 9.18 Å². The van der Waals surface area contributed by atoms with Crippen LogP contribution in [-0.2, 0) is 6.42 Å². The number of fused-ring (bicyclic) bond motifs is 1. The number of hydrogen-bond donors (Lipinski definition) is 2. The van der Waals surface area contributed by atoms with Gasteiger partial charge in [0.15, 0.2) is 0 Å². The van der Waals surface area contributed by atoms with Crippen molar-refractivity contribution in [3.05, 3.63) is 29.8 Å². The van der Waals surface area contributed by atoms with Gasteiger partial charge in [0.1, 0.15) is 11.6 Å². The number of carbonyl (C=O) groups is 1.